The largest absolute Gasteiger partial charge is 0.497 e. The van der Waals surface area contributed by atoms with E-state index in [2.05, 4.69) is 0 Å². The topological polar surface area (TPSA) is 26.3 Å². The van der Waals surface area contributed by atoms with Crippen LogP contribution in [-0.2, 0) is 0 Å². The Kier molecular flexibility index (Phi) is 2.73. The van der Waals surface area contributed by atoms with Gasteiger partial charge in [0.1, 0.15) is 5.75 Å². The quantitative estimate of drug-likeness (QED) is 0.740. The van der Waals surface area contributed by atoms with Crippen LogP contribution in [0.2, 0.25) is 0 Å². The molecule has 1 aromatic carbocycles. The van der Waals surface area contributed by atoms with E-state index in [4.69, 9.17) is 4.74 Å². The second-order valence-corrected chi connectivity index (χ2v) is 4.37. The number of rotatable bonds is 3. The number of Topliss-reactive ketones (excluding diaryl/α,β-unsaturated/α-hetero) is 1. The van der Waals surface area contributed by atoms with Crippen molar-refractivity contribution in [3.05, 3.63) is 29.1 Å². The van der Waals surface area contributed by atoms with Gasteiger partial charge in [-0.1, -0.05) is 6.92 Å². The Labute approximate surface area is 92.5 Å². The van der Waals surface area contributed by atoms with Gasteiger partial charge in [0.15, 0.2) is 5.78 Å². The lowest BCUT2D eigenvalue weighted by Gasteiger charge is -1.97. The van der Waals surface area contributed by atoms with E-state index in [9.17, 15) is 4.79 Å². The van der Waals surface area contributed by atoms with Crippen LogP contribution >= 0.6 is 11.3 Å². The molecule has 0 N–H and O–H groups in total. The van der Waals surface area contributed by atoms with E-state index in [1.54, 1.807) is 7.11 Å². The smallest absolute Gasteiger partial charge is 0.172 e. The van der Waals surface area contributed by atoms with Gasteiger partial charge in [-0.3, -0.25) is 4.79 Å². The maximum absolute atomic E-state index is 11.5. The van der Waals surface area contributed by atoms with Crippen molar-refractivity contribution >= 4 is 27.2 Å². The standard InChI is InChI=1S/C12H12O2S/c1-3-10(13)12-6-8-4-5-9(14-2)7-11(8)15-12/h4-7H,3H2,1-2H3. The molecule has 0 aliphatic carbocycles. The molecule has 0 saturated carbocycles. The molecule has 0 aliphatic rings. The third-order valence-electron chi connectivity index (χ3n) is 2.32. The van der Waals surface area contributed by atoms with Crippen molar-refractivity contribution in [2.45, 2.75) is 13.3 Å². The Morgan fingerprint density at radius 2 is 2.20 bits per heavy atom. The molecule has 0 aliphatic heterocycles. The molecular formula is C12H12O2S. The van der Waals surface area contributed by atoms with Crippen molar-refractivity contribution in [3.63, 3.8) is 0 Å². The van der Waals surface area contributed by atoms with E-state index in [1.807, 2.05) is 31.2 Å². The number of hydrogen-bond acceptors (Lipinski definition) is 3. The van der Waals surface area contributed by atoms with Gasteiger partial charge in [-0.15, -0.1) is 11.3 Å². The Morgan fingerprint density at radius 1 is 1.40 bits per heavy atom. The fourth-order valence-corrected chi connectivity index (χ4v) is 2.55. The third kappa shape index (κ3) is 1.88. The summed E-state index contributed by atoms with van der Waals surface area (Å²) >= 11 is 1.53. The van der Waals surface area contributed by atoms with Gasteiger partial charge < -0.3 is 4.74 Å². The molecule has 0 fully saturated rings. The lowest BCUT2D eigenvalue weighted by molar-refractivity contribution is 0.0992. The van der Waals surface area contributed by atoms with Crippen molar-refractivity contribution in [1.29, 1.82) is 0 Å². The van der Waals surface area contributed by atoms with Crippen LogP contribution in [0.3, 0.4) is 0 Å². The first-order valence-electron chi connectivity index (χ1n) is 4.85. The second kappa shape index (κ2) is 4.03. The number of benzene rings is 1. The zero-order valence-electron chi connectivity index (χ0n) is 8.74. The number of thiophene rings is 1. The number of carbonyl (C=O) groups is 1. The van der Waals surface area contributed by atoms with Gasteiger partial charge in [0.05, 0.1) is 12.0 Å². The molecule has 1 aromatic heterocycles. The number of carbonyl (C=O) groups excluding carboxylic acids is 1. The van der Waals surface area contributed by atoms with E-state index in [0.717, 1.165) is 20.7 Å². The van der Waals surface area contributed by atoms with Gasteiger partial charge in [-0.2, -0.15) is 0 Å². The van der Waals surface area contributed by atoms with E-state index >= 15 is 0 Å². The van der Waals surface area contributed by atoms with Gasteiger partial charge in [-0.05, 0) is 29.7 Å². The van der Waals surface area contributed by atoms with E-state index in [1.165, 1.54) is 11.3 Å². The summed E-state index contributed by atoms with van der Waals surface area (Å²) in [6.07, 6.45) is 0.559. The molecule has 0 amide bonds. The van der Waals surface area contributed by atoms with Gasteiger partial charge in [0, 0.05) is 11.1 Å². The van der Waals surface area contributed by atoms with Crippen molar-refractivity contribution < 1.29 is 9.53 Å². The number of fused-ring (bicyclic) bond motifs is 1. The fraction of sp³-hybridized carbons (Fsp3) is 0.250. The van der Waals surface area contributed by atoms with Crippen LogP contribution in [0.25, 0.3) is 10.1 Å². The van der Waals surface area contributed by atoms with Crippen LogP contribution in [0.15, 0.2) is 24.3 Å². The minimum Gasteiger partial charge on any atom is -0.497 e. The summed E-state index contributed by atoms with van der Waals surface area (Å²) in [5, 5.41) is 1.11. The predicted molar refractivity (Wildman–Crippen MR) is 63.0 cm³/mol. The molecule has 15 heavy (non-hydrogen) atoms. The highest BCUT2D eigenvalue weighted by molar-refractivity contribution is 7.20. The first-order chi connectivity index (χ1) is 7.24. The van der Waals surface area contributed by atoms with Crippen LogP contribution < -0.4 is 4.74 Å². The highest BCUT2D eigenvalue weighted by Crippen LogP contribution is 2.29. The highest BCUT2D eigenvalue weighted by Gasteiger charge is 2.08. The molecule has 2 rings (SSSR count). The van der Waals surface area contributed by atoms with E-state index in [-0.39, 0.29) is 5.78 Å². The Bertz CT molecular complexity index is 499. The van der Waals surface area contributed by atoms with Gasteiger partial charge in [0.2, 0.25) is 0 Å². The Balaban J connectivity index is 2.51. The molecule has 0 saturated heterocycles. The Hall–Kier alpha value is -1.35. The van der Waals surface area contributed by atoms with Crippen molar-refractivity contribution in [2.24, 2.45) is 0 Å². The first-order valence-corrected chi connectivity index (χ1v) is 5.67. The average molecular weight is 220 g/mol. The van der Waals surface area contributed by atoms with Gasteiger partial charge >= 0.3 is 0 Å². The summed E-state index contributed by atoms with van der Waals surface area (Å²) in [4.78, 5) is 12.4. The molecule has 0 radical (unpaired) electrons. The minimum atomic E-state index is 0.204. The summed E-state index contributed by atoms with van der Waals surface area (Å²) < 4.78 is 6.24. The summed E-state index contributed by atoms with van der Waals surface area (Å²) in [5.74, 6) is 1.04. The molecule has 3 heteroatoms. The minimum absolute atomic E-state index is 0.204. The number of ketones is 1. The summed E-state index contributed by atoms with van der Waals surface area (Å²) in [6.45, 7) is 1.88. The molecular weight excluding hydrogens is 208 g/mol. The number of ether oxygens (including phenoxy) is 1. The normalized spacial score (nSPS) is 10.5. The maximum Gasteiger partial charge on any atom is 0.172 e. The van der Waals surface area contributed by atoms with E-state index in [0.29, 0.717) is 6.42 Å². The fourth-order valence-electron chi connectivity index (χ4n) is 1.45. The molecule has 1 heterocycles. The number of hydrogen-bond donors (Lipinski definition) is 0. The predicted octanol–water partition coefficient (Wildman–Crippen LogP) is 3.50. The zero-order chi connectivity index (χ0) is 10.8. The SMILES string of the molecule is CCC(=O)c1cc2ccc(OC)cc2s1. The van der Waals surface area contributed by atoms with Crippen molar-refractivity contribution in [1.82, 2.24) is 0 Å². The van der Waals surface area contributed by atoms with Crippen LogP contribution in [0, 0.1) is 0 Å². The molecule has 2 aromatic rings. The molecule has 78 valence electrons. The molecule has 2 nitrogen and oxygen atoms in total. The lowest BCUT2D eigenvalue weighted by Crippen LogP contribution is -1.90. The van der Waals surface area contributed by atoms with Crippen LogP contribution in [0.5, 0.6) is 5.75 Å². The van der Waals surface area contributed by atoms with Crippen LogP contribution in [-0.4, -0.2) is 12.9 Å². The zero-order valence-corrected chi connectivity index (χ0v) is 9.56. The average Bonchev–Trinajstić information content (AvgIpc) is 2.70. The van der Waals surface area contributed by atoms with Crippen LogP contribution in [0.4, 0.5) is 0 Å². The van der Waals surface area contributed by atoms with Gasteiger partial charge in [-0.25, -0.2) is 0 Å². The molecule has 0 atom stereocenters. The maximum atomic E-state index is 11.5. The van der Waals surface area contributed by atoms with Crippen molar-refractivity contribution in [3.8, 4) is 5.75 Å². The third-order valence-corrected chi connectivity index (χ3v) is 3.46. The second-order valence-electron chi connectivity index (χ2n) is 3.29. The summed E-state index contributed by atoms with van der Waals surface area (Å²) in [5.41, 5.74) is 0. The van der Waals surface area contributed by atoms with Crippen LogP contribution in [0.1, 0.15) is 23.0 Å². The molecule has 0 unspecified atom stereocenters. The van der Waals surface area contributed by atoms with E-state index < -0.39 is 0 Å². The number of methoxy groups -OCH3 is 1. The van der Waals surface area contributed by atoms with Crippen molar-refractivity contribution in [2.75, 3.05) is 7.11 Å². The summed E-state index contributed by atoms with van der Waals surface area (Å²) in [7, 11) is 1.65. The first kappa shape index (κ1) is 10.2. The molecule has 0 bridgehead atoms. The lowest BCUT2D eigenvalue weighted by atomic mass is 10.2. The summed E-state index contributed by atoms with van der Waals surface area (Å²) in [6, 6.07) is 7.81. The highest BCUT2D eigenvalue weighted by atomic mass is 32.1. The Morgan fingerprint density at radius 3 is 2.87 bits per heavy atom. The monoisotopic (exact) mass is 220 g/mol. The molecule has 0 spiro atoms. The van der Waals surface area contributed by atoms with Gasteiger partial charge in [0.25, 0.3) is 0 Å².